The van der Waals surface area contributed by atoms with Gasteiger partial charge in [0.15, 0.2) is 0 Å². The maximum Gasteiger partial charge on any atom is 0.251 e. The molecule has 3 aromatic rings. The molecule has 4 rings (SSSR count). The first-order valence-corrected chi connectivity index (χ1v) is 10.5. The van der Waals surface area contributed by atoms with Crippen LogP contribution in [0.5, 0.6) is 0 Å². The van der Waals surface area contributed by atoms with E-state index in [4.69, 9.17) is 0 Å². The zero-order chi connectivity index (χ0) is 20.8. The number of rotatable bonds is 6. The molecule has 3 aromatic carbocycles. The number of fused-ring (bicyclic) bond motifs is 1. The number of aryl methyl sites for hydroxylation is 1. The smallest absolute Gasteiger partial charge is 0.251 e. The highest BCUT2D eigenvalue weighted by molar-refractivity contribution is 5.94. The second-order valence-corrected chi connectivity index (χ2v) is 7.72. The van der Waals surface area contributed by atoms with Crippen LogP contribution in [0.4, 0.5) is 0 Å². The second kappa shape index (κ2) is 9.40. The lowest BCUT2D eigenvalue weighted by Gasteiger charge is -2.27. The van der Waals surface area contributed by atoms with Crippen LogP contribution < -0.4 is 10.6 Å². The van der Waals surface area contributed by atoms with Crippen molar-refractivity contribution >= 4 is 11.8 Å². The van der Waals surface area contributed by atoms with E-state index in [9.17, 15) is 9.59 Å². The predicted molar refractivity (Wildman–Crippen MR) is 118 cm³/mol. The van der Waals surface area contributed by atoms with Crippen LogP contribution in [-0.4, -0.2) is 11.8 Å². The molecule has 0 spiro atoms. The van der Waals surface area contributed by atoms with Gasteiger partial charge in [-0.05, 0) is 48.1 Å². The maximum absolute atomic E-state index is 13.0. The van der Waals surface area contributed by atoms with Gasteiger partial charge in [-0.1, -0.05) is 72.8 Å². The molecule has 0 aliphatic heterocycles. The Kier molecular flexibility index (Phi) is 6.23. The lowest BCUT2D eigenvalue weighted by atomic mass is 9.87. The molecular weight excluding hydrogens is 372 g/mol. The molecule has 0 saturated carbocycles. The molecule has 30 heavy (non-hydrogen) atoms. The summed E-state index contributed by atoms with van der Waals surface area (Å²) < 4.78 is 0. The molecule has 2 amide bonds. The average Bonchev–Trinajstić information content (AvgIpc) is 2.80. The summed E-state index contributed by atoms with van der Waals surface area (Å²) in [5, 5.41) is 6.24. The molecule has 0 saturated heterocycles. The molecule has 152 valence electrons. The number of nitrogens with one attached hydrogen (secondary N) is 2. The number of hydrogen-bond acceptors (Lipinski definition) is 2. The van der Waals surface area contributed by atoms with E-state index in [0.717, 1.165) is 24.8 Å². The van der Waals surface area contributed by atoms with Gasteiger partial charge in [0.1, 0.15) is 0 Å². The maximum atomic E-state index is 13.0. The number of amides is 2. The van der Waals surface area contributed by atoms with Crippen molar-refractivity contribution in [3.8, 4) is 0 Å². The van der Waals surface area contributed by atoms with Gasteiger partial charge >= 0.3 is 0 Å². The van der Waals surface area contributed by atoms with Gasteiger partial charge in [0.2, 0.25) is 5.91 Å². The van der Waals surface area contributed by atoms with Crippen molar-refractivity contribution in [1.29, 1.82) is 0 Å². The molecule has 0 unspecified atom stereocenters. The van der Waals surface area contributed by atoms with Crippen LogP contribution in [0.1, 0.15) is 58.4 Å². The van der Waals surface area contributed by atoms with E-state index in [0.29, 0.717) is 5.56 Å². The van der Waals surface area contributed by atoms with E-state index in [1.54, 1.807) is 12.1 Å². The first-order chi connectivity index (χ1) is 14.7. The number of carbonyl (C=O) groups is 2. The van der Waals surface area contributed by atoms with Gasteiger partial charge in [0.25, 0.3) is 5.91 Å². The fourth-order valence-electron chi connectivity index (χ4n) is 4.11. The Morgan fingerprint density at radius 2 is 1.53 bits per heavy atom. The van der Waals surface area contributed by atoms with Crippen molar-refractivity contribution in [3.05, 3.63) is 107 Å². The van der Waals surface area contributed by atoms with Crippen LogP contribution in [-0.2, 0) is 11.2 Å². The summed E-state index contributed by atoms with van der Waals surface area (Å²) in [6, 6.07) is 26.7. The summed E-state index contributed by atoms with van der Waals surface area (Å²) in [4.78, 5) is 25.7. The fraction of sp³-hybridized carbons (Fsp3) is 0.231. The van der Waals surface area contributed by atoms with Gasteiger partial charge in [-0.15, -0.1) is 0 Å². The zero-order valence-electron chi connectivity index (χ0n) is 16.9. The van der Waals surface area contributed by atoms with Crippen molar-refractivity contribution in [3.63, 3.8) is 0 Å². The summed E-state index contributed by atoms with van der Waals surface area (Å²) in [6.07, 6.45) is 3.26. The van der Waals surface area contributed by atoms with Crippen LogP contribution in [0.2, 0.25) is 0 Å². The molecule has 0 bridgehead atoms. The third-order valence-electron chi connectivity index (χ3n) is 5.64. The van der Waals surface area contributed by atoms with Gasteiger partial charge in [-0.25, -0.2) is 0 Å². The summed E-state index contributed by atoms with van der Waals surface area (Å²) in [6.45, 7) is 0. The van der Waals surface area contributed by atoms with Gasteiger partial charge in [-0.3, -0.25) is 9.59 Å². The highest BCUT2D eigenvalue weighted by Crippen LogP contribution is 2.30. The molecule has 0 aromatic heterocycles. The Morgan fingerprint density at radius 3 is 2.30 bits per heavy atom. The van der Waals surface area contributed by atoms with E-state index in [1.807, 2.05) is 60.7 Å². The zero-order valence-corrected chi connectivity index (χ0v) is 16.9. The molecule has 1 aliphatic carbocycles. The van der Waals surface area contributed by atoms with Gasteiger partial charge in [-0.2, -0.15) is 0 Å². The lowest BCUT2D eigenvalue weighted by molar-refractivity contribution is -0.122. The minimum absolute atomic E-state index is 0.0312. The normalized spacial score (nSPS) is 16.2. The third kappa shape index (κ3) is 4.77. The molecule has 2 N–H and O–H groups in total. The van der Waals surface area contributed by atoms with Crippen molar-refractivity contribution in [2.24, 2.45) is 0 Å². The van der Waals surface area contributed by atoms with Gasteiger partial charge < -0.3 is 10.6 Å². The molecule has 4 heteroatoms. The van der Waals surface area contributed by atoms with E-state index in [-0.39, 0.29) is 24.3 Å². The van der Waals surface area contributed by atoms with Crippen LogP contribution in [0, 0.1) is 0 Å². The Hall–Kier alpha value is -3.40. The second-order valence-electron chi connectivity index (χ2n) is 7.72. The topological polar surface area (TPSA) is 58.2 Å². The SMILES string of the molecule is O=C(C[C@@H](NC(=O)c1ccccc1)c1ccccc1)N[C@H]1CCCc2ccccc21. The fourth-order valence-corrected chi connectivity index (χ4v) is 4.11. The van der Waals surface area contributed by atoms with Crippen LogP contribution in [0.3, 0.4) is 0 Å². The Morgan fingerprint density at radius 1 is 0.867 bits per heavy atom. The van der Waals surface area contributed by atoms with E-state index in [2.05, 4.69) is 22.8 Å². The largest absolute Gasteiger partial charge is 0.349 e. The summed E-state index contributed by atoms with van der Waals surface area (Å²) in [5.74, 6) is -0.237. The summed E-state index contributed by atoms with van der Waals surface area (Å²) >= 11 is 0. The van der Waals surface area contributed by atoms with E-state index in [1.165, 1.54) is 11.1 Å². The van der Waals surface area contributed by atoms with Crippen LogP contribution in [0.25, 0.3) is 0 Å². The van der Waals surface area contributed by atoms with Crippen LogP contribution >= 0.6 is 0 Å². The van der Waals surface area contributed by atoms with Crippen LogP contribution in [0.15, 0.2) is 84.9 Å². The van der Waals surface area contributed by atoms with Crippen molar-refractivity contribution in [1.82, 2.24) is 10.6 Å². The average molecular weight is 399 g/mol. The van der Waals surface area contributed by atoms with E-state index < -0.39 is 6.04 Å². The Labute approximate surface area is 177 Å². The first kappa shape index (κ1) is 19.9. The monoisotopic (exact) mass is 398 g/mol. The quantitative estimate of drug-likeness (QED) is 0.630. The standard InChI is InChI=1S/C26H26N2O2/c29-25(27-23-17-9-15-19-10-7-8-16-22(19)23)18-24(20-11-3-1-4-12-20)28-26(30)21-13-5-2-6-14-21/h1-8,10-14,16,23-24H,9,15,17-18H2,(H,27,29)(H,28,30)/t23-,24+/m0/s1. The van der Waals surface area contributed by atoms with Crippen molar-refractivity contribution < 1.29 is 9.59 Å². The van der Waals surface area contributed by atoms with Crippen molar-refractivity contribution in [2.75, 3.05) is 0 Å². The minimum Gasteiger partial charge on any atom is -0.349 e. The Balaban J connectivity index is 1.48. The first-order valence-electron chi connectivity index (χ1n) is 10.5. The number of carbonyl (C=O) groups excluding carboxylic acids is 2. The third-order valence-corrected chi connectivity index (χ3v) is 5.64. The number of benzene rings is 3. The summed E-state index contributed by atoms with van der Waals surface area (Å²) in [5.41, 5.74) is 4.02. The number of hydrogen-bond donors (Lipinski definition) is 2. The van der Waals surface area contributed by atoms with Crippen molar-refractivity contribution in [2.45, 2.75) is 37.8 Å². The molecule has 2 atom stereocenters. The molecule has 0 fully saturated rings. The summed E-state index contributed by atoms with van der Waals surface area (Å²) in [7, 11) is 0. The molecule has 0 heterocycles. The van der Waals surface area contributed by atoms with Gasteiger partial charge in [0.05, 0.1) is 18.5 Å². The molecular formula is C26H26N2O2. The van der Waals surface area contributed by atoms with E-state index >= 15 is 0 Å². The minimum atomic E-state index is -0.391. The molecule has 1 aliphatic rings. The van der Waals surface area contributed by atoms with Gasteiger partial charge in [0, 0.05) is 5.56 Å². The molecule has 4 nitrogen and oxygen atoms in total. The highest BCUT2D eigenvalue weighted by atomic mass is 16.2. The molecule has 0 radical (unpaired) electrons. The predicted octanol–water partition coefficient (Wildman–Crippen LogP) is 4.74. The highest BCUT2D eigenvalue weighted by Gasteiger charge is 2.24. The lowest BCUT2D eigenvalue weighted by Crippen LogP contribution is -2.36. The Bertz CT molecular complexity index is 1000.